The van der Waals surface area contributed by atoms with E-state index in [1.54, 1.807) is 29.5 Å². The Labute approximate surface area is 225 Å². The fourth-order valence-corrected chi connectivity index (χ4v) is 6.71. The number of benzene rings is 1. The number of ketones is 1. The number of thiophene rings is 1. The normalized spacial score (nSPS) is 22.3. The fourth-order valence-electron chi connectivity index (χ4n) is 5.53. The van der Waals surface area contributed by atoms with Crippen LogP contribution in [0.25, 0.3) is 27.2 Å². The van der Waals surface area contributed by atoms with Gasteiger partial charge in [0.1, 0.15) is 5.75 Å². The highest BCUT2D eigenvalue weighted by molar-refractivity contribution is 7.20. The maximum absolute atomic E-state index is 12.7. The summed E-state index contributed by atoms with van der Waals surface area (Å²) in [6.45, 7) is 2.87. The summed E-state index contributed by atoms with van der Waals surface area (Å²) in [5.74, 6) is 1.80. The van der Waals surface area contributed by atoms with Crippen molar-refractivity contribution in [2.45, 2.75) is 51.0 Å². The molecule has 2 aromatic heterocycles. The third kappa shape index (κ3) is 5.31. The maximum Gasteiger partial charge on any atom is 0.306 e. The highest BCUT2D eigenvalue weighted by atomic mass is 32.1. The van der Waals surface area contributed by atoms with Crippen molar-refractivity contribution in [3.63, 3.8) is 0 Å². The second-order valence-corrected chi connectivity index (χ2v) is 11.3. The van der Waals surface area contributed by atoms with E-state index >= 15 is 0 Å². The maximum atomic E-state index is 12.7. The van der Waals surface area contributed by atoms with E-state index in [9.17, 15) is 14.7 Å². The van der Waals surface area contributed by atoms with E-state index in [0.717, 1.165) is 60.4 Å². The van der Waals surface area contributed by atoms with Gasteiger partial charge in [-0.25, -0.2) is 9.97 Å². The lowest BCUT2D eigenvalue weighted by atomic mass is 9.91. The van der Waals surface area contributed by atoms with Crippen molar-refractivity contribution in [3.05, 3.63) is 41.3 Å². The van der Waals surface area contributed by atoms with E-state index in [1.807, 2.05) is 6.07 Å². The second-order valence-electron chi connectivity index (χ2n) is 10.2. The lowest BCUT2D eigenvalue weighted by molar-refractivity contribution is -0.147. The highest BCUT2D eigenvalue weighted by Crippen LogP contribution is 2.40. The standard InChI is InChI=1S/C29H31N3O5S/c33-21-6-2-5-20(16-21)28-30-22-17-25(38-27(22)29(31-28)32-11-13-36-14-12-32)19-4-1-3-18(7-8-19)15-23(34)24-9-10-26(35)37-24/h2,4-6,16-18,24,33H,1,3,7-15H2/t18?,24-/m0/s1. The molecule has 2 saturated heterocycles. The molecule has 38 heavy (non-hydrogen) atoms. The number of ether oxygens (including phenoxy) is 2. The average molecular weight is 534 g/mol. The van der Waals surface area contributed by atoms with Crippen molar-refractivity contribution in [3.8, 4) is 17.1 Å². The van der Waals surface area contributed by atoms with Gasteiger partial charge in [-0.05, 0) is 55.4 Å². The number of allylic oxidation sites excluding steroid dienone is 2. The van der Waals surface area contributed by atoms with Crippen molar-refractivity contribution >= 4 is 44.7 Å². The first kappa shape index (κ1) is 25.0. The van der Waals surface area contributed by atoms with Crippen molar-refractivity contribution in [1.82, 2.24) is 9.97 Å². The van der Waals surface area contributed by atoms with Crippen molar-refractivity contribution < 1.29 is 24.2 Å². The lowest BCUT2D eigenvalue weighted by Gasteiger charge is -2.28. The van der Waals surface area contributed by atoms with E-state index in [2.05, 4.69) is 17.0 Å². The van der Waals surface area contributed by atoms with Crippen LogP contribution in [0.4, 0.5) is 5.82 Å². The van der Waals surface area contributed by atoms with Gasteiger partial charge in [-0.2, -0.15) is 0 Å². The molecule has 0 saturated carbocycles. The zero-order valence-corrected chi connectivity index (χ0v) is 22.0. The number of hydrogen-bond donors (Lipinski definition) is 1. The molecule has 1 unspecified atom stereocenters. The Morgan fingerprint density at radius 1 is 1.11 bits per heavy atom. The van der Waals surface area contributed by atoms with Crippen LogP contribution in [0.3, 0.4) is 0 Å². The van der Waals surface area contributed by atoms with Gasteiger partial charge in [0.2, 0.25) is 0 Å². The predicted octanol–water partition coefficient (Wildman–Crippen LogP) is 5.14. The Kier molecular flexibility index (Phi) is 7.12. The molecule has 2 fully saturated rings. The van der Waals surface area contributed by atoms with Gasteiger partial charge >= 0.3 is 5.97 Å². The third-order valence-corrected chi connectivity index (χ3v) is 8.80. The number of nitrogens with zero attached hydrogens (tertiary/aromatic N) is 3. The van der Waals surface area contributed by atoms with E-state index in [1.165, 1.54) is 10.5 Å². The molecule has 2 aliphatic heterocycles. The lowest BCUT2D eigenvalue weighted by Crippen LogP contribution is -2.36. The first-order valence-electron chi connectivity index (χ1n) is 13.4. The number of anilines is 1. The number of phenolic OH excluding ortho intramolecular Hbond substituents is 1. The van der Waals surface area contributed by atoms with Crippen LogP contribution in [0.15, 0.2) is 36.4 Å². The Morgan fingerprint density at radius 3 is 2.76 bits per heavy atom. The van der Waals surface area contributed by atoms with E-state index in [0.29, 0.717) is 44.2 Å². The third-order valence-electron chi connectivity index (χ3n) is 7.61. The largest absolute Gasteiger partial charge is 0.508 e. The number of cyclic esters (lactones) is 1. The van der Waals surface area contributed by atoms with Crippen LogP contribution in [-0.2, 0) is 19.1 Å². The molecule has 8 nitrogen and oxygen atoms in total. The molecule has 9 heteroatoms. The van der Waals surface area contributed by atoms with Gasteiger partial charge in [0.05, 0.1) is 23.4 Å². The number of rotatable bonds is 6. The molecule has 1 N–H and O–H groups in total. The second kappa shape index (κ2) is 10.8. The number of esters is 1. The van der Waals surface area contributed by atoms with Gasteiger partial charge in [-0.3, -0.25) is 9.59 Å². The molecule has 3 aromatic rings. The molecule has 0 bridgehead atoms. The molecule has 1 aliphatic carbocycles. The molecular weight excluding hydrogens is 502 g/mol. The fraction of sp³-hybridized carbons (Fsp3) is 0.448. The van der Waals surface area contributed by atoms with Crippen molar-refractivity contribution in [2.75, 3.05) is 31.2 Å². The zero-order valence-electron chi connectivity index (χ0n) is 21.2. The number of aromatic hydroxyl groups is 1. The van der Waals surface area contributed by atoms with Crippen LogP contribution in [0.1, 0.15) is 49.8 Å². The van der Waals surface area contributed by atoms with E-state index in [4.69, 9.17) is 19.4 Å². The molecule has 198 valence electrons. The first-order chi connectivity index (χ1) is 18.5. The molecule has 4 heterocycles. The van der Waals surface area contributed by atoms with Crippen molar-refractivity contribution in [1.29, 1.82) is 0 Å². The average Bonchev–Trinajstić information content (AvgIpc) is 3.49. The van der Waals surface area contributed by atoms with Gasteiger partial charge in [-0.1, -0.05) is 18.2 Å². The van der Waals surface area contributed by atoms with Gasteiger partial charge < -0.3 is 19.5 Å². The van der Waals surface area contributed by atoms with Gasteiger partial charge in [0.25, 0.3) is 0 Å². The predicted molar refractivity (Wildman–Crippen MR) is 146 cm³/mol. The minimum Gasteiger partial charge on any atom is -0.508 e. The number of carbonyl (C=O) groups excluding carboxylic acids is 2. The topological polar surface area (TPSA) is 102 Å². The summed E-state index contributed by atoms with van der Waals surface area (Å²) in [6.07, 6.45) is 6.82. The summed E-state index contributed by atoms with van der Waals surface area (Å²) >= 11 is 1.73. The molecular formula is C29H31N3O5S. The van der Waals surface area contributed by atoms with Crippen molar-refractivity contribution in [2.24, 2.45) is 5.92 Å². The SMILES string of the molecule is O=C1CC[C@@H](C(=O)CC2CCC=C(c3cc4nc(-c5cccc(O)c5)nc(N5CCOCC5)c4s3)CC2)O1. The smallest absolute Gasteiger partial charge is 0.306 e. The Hall–Kier alpha value is -3.30. The minimum atomic E-state index is -0.543. The Morgan fingerprint density at radius 2 is 1.97 bits per heavy atom. The summed E-state index contributed by atoms with van der Waals surface area (Å²) in [5.41, 5.74) is 2.98. The van der Waals surface area contributed by atoms with Crippen LogP contribution >= 0.6 is 11.3 Å². The number of Topliss-reactive ketones (excluding diaryl/α,β-unsaturated/α-hetero) is 1. The van der Waals surface area contributed by atoms with Gasteiger partial charge in [-0.15, -0.1) is 11.3 Å². The highest BCUT2D eigenvalue weighted by Gasteiger charge is 2.31. The van der Waals surface area contributed by atoms with Crippen LogP contribution < -0.4 is 4.90 Å². The molecule has 0 amide bonds. The first-order valence-corrected chi connectivity index (χ1v) is 14.2. The number of morpholine rings is 1. The molecule has 3 aliphatic rings. The zero-order chi connectivity index (χ0) is 26.1. The van der Waals surface area contributed by atoms with Gasteiger partial charge in [0, 0.05) is 42.8 Å². The van der Waals surface area contributed by atoms with Crippen LogP contribution in [0.2, 0.25) is 0 Å². The molecule has 1 aromatic carbocycles. The van der Waals surface area contributed by atoms with Crippen LogP contribution in [0, 0.1) is 5.92 Å². The summed E-state index contributed by atoms with van der Waals surface area (Å²) in [4.78, 5) is 37.4. The van der Waals surface area contributed by atoms with E-state index < -0.39 is 6.10 Å². The number of hydrogen-bond acceptors (Lipinski definition) is 9. The van der Waals surface area contributed by atoms with Gasteiger partial charge in [0.15, 0.2) is 23.5 Å². The molecule has 2 atom stereocenters. The molecule has 0 radical (unpaired) electrons. The van der Waals surface area contributed by atoms with Crippen LogP contribution in [-0.4, -0.2) is 59.2 Å². The summed E-state index contributed by atoms with van der Waals surface area (Å²) in [5, 5.41) is 10.0. The summed E-state index contributed by atoms with van der Waals surface area (Å²) in [7, 11) is 0. The number of fused-ring (bicyclic) bond motifs is 1. The Bertz CT molecular complexity index is 1390. The minimum absolute atomic E-state index is 0.0658. The number of carbonyl (C=O) groups is 2. The van der Waals surface area contributed by atoms with Crippen LogP contribution in [0.5, 0.6) is 5.75 Å². The number of aromatic nitrogens is 2. The molecule has 6 rings (SSSR count). The Balaban J connectivity index is 1.25. The summed E-state index contributed by atoms with van der Waals surface area (Å²) < 4.78 is 11.8. The number of phenols is 1. The monoisotopic (exact) mass is 533 g/mol. The van der Waals surface area contributed by atoms with E-state index in [-0.39, 0.29) is 17.5 Å². The molecule has 0 spiro atoms. The summed E-state index contributed by atoms with van der Waals surface area (Å²) in [6, 6.07) is 9.22. The quantitative estimate of drug-likeness (QED) is 0.435.